The van der Waals surface area contributed by atoms with Gasteiger partial charge < -0.3 is 14.7 Å². The number of hydrogen-bond donors (Lipinski definition) is 1. The molecule has 2 rings (SSSR count). The van der Waals surface area contributed by atoms with Gasteiger partial charge in [-0.25, -0.2) is 0 Å². The Labute approximate surface area is 96.6 Å². The molecule has 0 bridgehead atoms. The molecule has 0 radical (unpaired) electrons. The molecule has 0 spiro atoms. The van der Waals surface area contributed by atoms with E-state index in [4.69, 9.17) is 9.84 Å². The van der Waals surface area contributed by atoms with E-state index in [9.17, 15) is 4.79 Å². The van der Waals surface area contributed by atoms with E-state index in [1.807, 2.05) is 0 Å². The predicted molar refractivity (Wildman–Crippen MR) is 60.3 cm³/mol. The van der Waals surface area contributed by atoms with Gasteiger partial charge in [0.1, 0.15) is 0 Å². The molecule has 2 fully saturated rings. The minimum atomic E-state index is -0.635. The van der Waals surface area contributed by atoms with Crippen LogP contribution in [0.4, 0.5) is 0 Å². The fourth-order valence-corrected chi connectivity index (χ4v) is 2.74. The maximum Gasteiger partial charge on any atom is 0.307 e. The summed E-state index contributed by atoms with van der Waals surface area (Å²) in [5, 5.41) is 9.01. The SMILES string of the molecule is O=C(O)C1CCCN(CC2CCCOC2)C1. The van der Waals surface area contributed by atoms with E-state index in [0.29, 0.717) is 5.92 Å². The summed E-state index contributed by atoms with van der Waals surface area (Å²) in [6.07, 6.45) is 4.24. The van der Waals surface area contributed by atoms with E-state index in [2.05, 4.69) is 4.90 Å². The molecule has 2 atom stereocenters. The van der Waals surface area contributed by atoms with Crippen molar-refractivity contribution in [3.63, 3.8) is 0 Å². The van der Waals surface area contributed by atoms with Gasteiger partial charge in [-0.3, -0.25) is 4.79 Å². The lowest BCUT2D eigenvalue weighted by Gasteiger charge is -2.34. The standard InChI is InChI=1S/C12H21NO3/c14-12(15)11-4-1-5-13(8-11)7-10-3-2-6-16-9-10/h10-11H,1-9H2,(H,14,15). The topological polar surface area (TPSA) is 49.8 Å². The third-order valence-corrected chi connectivity index (χ3v) is 3.63. The van der Waals surface area contributed by atoms with Gasteiger partial charge in [0.25, 0.3) is 0 Å². The number of hydrogen-bond acceptors (Lipinski definition) is 3. The first-order chi connectivity index (χ1) is 7.75. The molecule has 2 heterocycles. The molecule has 0 aromatic heterocycles. The Kier molecular flexibility index (Phi) is 4.18. The zero-order chi connectivity index (χ0) is 11.4. The van der Waals surface area contributed by atoms with Crippen molar-refractivity contribution in [1.82, 2.24) is 4.90 Å². The molecule has 16 heavy (non-hydrogen) atoms. The van der Waals surface area contributed by atoms with Crippen LogP contribution in [0.3, 0.4) is 0 Å². The highest BCUT2D eigenvalue weighted by Gasteiger charge is 2.27. The summed E-state index contributed by atoms with van der Waals surface area (Å²) in [7, 11) is 0. The van der Waals surface area contributed by atoms with Crippen molar-refractivity contribution in [2.24, 2.45) is 11.8 Å². The molecule has 0 aromatic rings. The molecule has 2 aliphatic heterocycles. The van der Waals surface area contributed by atoms with Crippen LogP contribution in [-0.4, -0.2) is 48.8 Å². The van der Waals surface area contributed by atoms with Crippen molar-refractivity contribution < 1.29 is 14.6 Å². The number of carbonyl (C=O) groups is 1. The number of aliphatic carboxylic acids is 1. The minimum Gasteiger partial charge on any atom is -0.481 e. The zero-order valence-electron chi connectivity index (χ0n) is 9.73. The second kappa shape index (κ2) is 5.64. The van der Waals surface area contributed by atoms with Crippen LogP contribution in [-0.2, 0) is 9.53 Å². The number of carboxylic acid groups (broad SMARTS) is 1. The molecule has 4 nitrogen and oxygen atoms in total. The zero-order valence-corrected chi connectivity index (χ0v) is 9.73. The van der Waals surface area contributed by atoms with Crippen molar-refractivity contribution >= 4 is 5.97 Å². The van der Waals surface area contributed by atoms with Crippen LogP contribution in [0, 0.1) is 11.8 Å². The highest BCUT2D eigenvalue weighted by molar-refractivity contribution is 5.70. The van der Waals surface area contributed by atoms with E-state index >= 15 is 0 Å². The molecule has 0 amide bonds. The van der Waals surface area contributed by atoms with Gasteiger partial charge in [0.2, 0.25) is 0 Å². The average molecular weight is 227 g/mol. The van der Waals surface area contributed by atoms with E-state index in [0.717, 1.165) is 52.1 Å². The van der Waals surface area contributed by atoms with E-state index in [-0.39, 0.29) is 5.92 Å². The number of rotatable bonds is 3. The van der Waals surface area contributed by atoms with Crippen molar-refractivity contribution in [2.45, 2.75) is 25.7 Å². The van der Waals surface area contributed by atoms with Crippen molar-refractivity contribution in [1.29, 1.82) is 0 Å². The summed E-state index contributed by atoms with van der Waals surface area (Å²) in [5.41, 5.74) is 0. The lowest BCUT2D eigenvalue weighted by molar-refractivity contribution is -0.143. The predicted octanol–water partition coefficient (Wildman–Crippen LogP) is 1.21. The van der Waals surface area contributed by atoms with E-state index < -0.39 is 5.97 Å². The highest BCUT2D eigenvalue weighted by atomic mass is 16.5. The molecule has 0 aromatic carbocycles. The molecule has 2 unspecified atom stereocenters. The van der Waals surface area contributed by atoms with Crippen molar-refractivity contribution in [3.05, 3.63) is 0 Å². The number of ether oxygens (including phenoxy) is 1. The largest absolute Gasteiger partial charge is 0.481 e. The Morgan fingerprint density at radius 1 is 1.38 bits per heavy atom. The van der Waals surface area contributed by atoms with Crippen LogP contribution >= 0.6 is 0 Å². The Balaban J connectivity index is 1.78. The van der Waals surface area contributed by atoms with Crippen molar-refractivity contribution in [2.75, 3.05) is 32.8 Å². The van der Waals surface area contributed by atoms with Gasteiger partial charge in [0, 0.05) is 19.7 Å². The summed E-state index contributed by atoms with van der Waals surface area (Å²) in [6, 6.07) is 0. The van der Waals surface area contributed by atoms with E-state index in [1.54, 1.807) is 0 Å². The van der Waals surface area contributed by atoms with Gasteiger partial charge in [-0.2, -0.15) is 0 Å². The molecule has 2 saturated heterocycles. The summed E-state index contributed by atoms with van der Waals surface area (Å²) in [6.45, 7) is 4.55. The second-order valence-corrected chi connectivity index (χ2v) is 5.02. The lowest BCUT2D eigenvalue weighted by atomic mass is 9.95. The number of nitrogens with zero attached hydrogens (tertiary/aromatic N) is 1. The van der Waals surface area contributed by atoms with Crippen LogP contribution in [0.5, 0.6) is 0 Å². The first-order valence-corrected chi connectivity index (χ1v) is 6.28. The normalized spacial score (nSPS) is 32.5. The van der Waals surface area contributed by atoms with Crippen molar-refractivity contribution in [3.8, 4) is 0 Å². The minimum absolute atomic E-state index is 0.154. The van der Waals surface area contributed by atoms with Crippen LogP contribution in [0.1, 0.15) is 25.7 Å². The molecular formula is C12H21NO3. The number of likely N-dealkylation sites (tertiary alicyclic amines) is 1. The van der Waals surface area contributed by atoms with Crippen LogP contribution in [0.2, 0.25) is 0 Å². The maximum atomic E-state index is 10.9. The van der Waals surface area contributed by atoms with Gasteiger partial charge in [-0.1, -0.05) is 0 Å². The fourth-order valence-electron chi connectivity index (χ4n) is 2.74. The smallest absolute Gasteiger partial charge is 0.307 e. The van der Waals surface area contributed by atoms with Crippen LogP contribution < -0.4 is 0 Å². The van der Waals surface area contributed by atoms with Crippen LogP contribution in [0.15, 0.2) is 0 Å². The summed E-state index contributed by atoms with van der Waals surface area (Å²) >= 11 is 0. The Morgan fingerprint density at radius 2 is 2.25 bits per heavy atom. The maximum absolute atomic E-state index is 10.9. The molecule has 4 heteroatoms. The lowest BCUT2D eigenvalue weighted by Crippen LogP contribution is -2.42. The first kappa shape index (κ1) is 11.9. The molecule has 0 aliphatic carbocycles. The summed E-state index contributed by atoms with van der Waals surface area (Å²) in [4.78, 5) is 13.2. The second-order valence-electron chi connectivity index (χ2n) is 5.02. The fraction of sp³-hybridized carbons (Fsp3) is 0.917. The van der Waals surface area contributed by atoms with Gasteiger partial charge in [0.05, 0.1) is 12.5 Å². The molecule has 1 N–H and O–H groups in total. The third-order valence-electron chi connectivity index (χ3n) is 3.63. The summed E-state index contributed by atoms with van der Waals surface area (Å²) in [5.74, 6) is -0.177. The average Bonchev–Trinajstić information content (AvgIpc) is 2.30. The Morgan fingerprint density at radius 3 is 2.94 bits per heavy atom. The Hall–Kier alpha value is -0.610. The van der Waals surface area contributed by atoms with Gasteiger partial charge >= 0.3 is 5.97 Å². The molecular weight excluding hydrogens is 206 g/mol. The van der Waals surface area contributed by atoms with E-state index in [1.165, 1.54) is 6.42 Å². The van der Waals surface area contributed by atoms with Crippen LogP contribution in [0.25, 0.3) is 0 Å². The number of carboxylic acids is 1. The van der Waals surface area contributed by atoms with Gasteiger partial charge in [-0.15, -0.1) is 0 Å². The monoisotopic (exact) mass is 227 g/mol. The van der Waals surface area contributed by atoms with Gasteiger partial charge in [-0.05, 0) is 38.1 Å². The summed E-state index contributed by atoms with van der Waals surface area (Å²) < 4.78 is 5.45. The molecule has 0 saturated carbocycles. The molecule has 92 valence electrons. The van der Waals surface area contributed by atoms with Gasteiger partial charge in [0.15, 0.2) is 0 Å². The molecule has 2 aliphatic rings. The first-order valence-electron chi connectivity index (χ1n) is 6.28. The quantitative estimate of drug-likeness (QED) is 0.787. The highest BCUT2D eigenvalue weighted by Crippen LogP contribution is 2.20. The third kappa shape index (κ3) is 3.19. The Bertz CT molecular complexity index is 238. The number of piperidine rings is 1.